The van der Waals surface area contributed by atoms with E-state index in [0.29, 0.717) is 33.9 Å². The number of hydrogen-bond acceptors (Lipinski definition) is 4. The molecule has 0 fully saturated rings. The molecule has 6 nitrogen and oxygen atoms in total. The van der Waals surface area contributed by atoms with Crippen molar-refractivity contribution in [2.24, 2.45) is 0 Å². The van der Waals surface area contributed by atoms with Crippen LogP contribution < -0.4 is 9.47 Å². The Kier molecular flexibility index (Phi) is 5.94. The van der Waals surface area contributed by atoms with Crippen LogP contribution in [0.2, 0.25) is 10.0 Å². The Labute approximate surface area is 190 Å². The molecule has 2 heterocycles. The summed E-state index contributed by atoms with van der Waals surface area (Å²) < 4.78 is 14.8. The van der Waals surface area contributed by atoms with E-state index in [1.54, 1.807) is 14.2 Å². The first kappa shape index (κ1) is 21.3. The Morgan fingerprint density at radius 1 is 0.774 bits per heavy atom. The lowest BCUT2D eigenvalue weighted by Crippen LogP contribution is -2.14. The lowest BCUT2D eigenvalue weighted by molar-refractivity contribution is 0.415. The van der Waals surface area contributed by atoms with Gasteiger partial charge in [0.05, 0.1) is 41.3 Å². The molecule has 0 saturated heterocycles. The highest BCUT2D eigenvalue weighted by molar-refractivity contribution is 6.35. The summed E-state index contributed by atoms with van der Waals surface area (Å²) in [5, 5.41) is 10.6. The molecule has 0 bridgehead atoms. The summed E-state index contributed by atoms with van der Waals surface area (Å²) in [6.45, 7) is 4.14. The molecular formula is C23H22Cl2N4O2. The summed E-state index contributed by atoms with van der Waals surface area (Å²) >= 11 is 13.3. The van der Waals surface area contributed by atoms with E-state index in [2.05, 4.69) is 5.10 Å². The van der Waals surface area contributed by atoms with Gasteiger partial charge in [-0.15, -0.1) is 0 Å². The van der Waals surface area contributed by atoms with Gasteiger partial charge in [0.15, 0.2) is 0 Å². The van der Waals surface area contributed by atoms with Crippen LogP contribution in [-0.4, -0.2) is 33.8 Å². The van der Waals surface area contributed by atoms with Crippen molar-refractivity contribution in [3.8, 4) is 34.0 Å². The van der Waals surface area contributed by atoms with Crippen molar-refractivity contribution in [2.45, 2.75) is 20.5 Å². The molecule has 0 unspecified atom stereocenters. The van der Waals surface area contributed by atoms with Crippen LogP contribution in [0.15, 0.2) is 48.5 Å². The predicted molar refractivity (Wildman–Crippen MR) is 123 cm³/mol. The number of aromatic nitrogens is 4. The van der Waals surface area contributed by atoms with Crippen LogP contribution >= 0.6 is 23.2 Å². The topological polar surface area (TPSA) is 54.1 Å². The second-order valence-corrected chi connectivity index (χ2v) is 7.79. The molecule has 8 heteroatoms. The van der Waals surface area contributed by atoms with Gasteiger partial charge in [-0.1, -0.05) is 47.5 Å². The van der Waals surface area contributed by atoms with Gasteiger partial charge < -0.3 is 9.47 Å². The van der Waals surface area contributed by atoms with Crippen molar-refractivity contribution in [3.05, 3.63) is 70.0 Å². The molecule has 0 N–H and O–H groups in total. The molecule has 0 aliphatic carbocycles. The van der Waals surface area contributed by atoms with Gasteiger partial charge in [0.1, 0.15) is 23.9 Å². The van der Waals surface area contributed by atoms with Gasteiger partial charge in [0.25, 0.3) is 0 Å². The molecule has 0 radical (unpaired) electrons. The van der Waals surface area contributed by atoms with E-state index in [0.717, 1.165) is 28.2 Å². The first-order chi connectivity index (χ1) is 15.0. The van der Waals surface area contributed by atoms with E-state index >= 15 is 0 Å². The predicted octanol–water partition coefficient (Wildman–Crippen LogP) is 5.86. The van der Waals surface area contributed by atoms with Gasteiger partial charge in [0.2, 0.25) is 0 Å². The second-order valence-electron chi connectivity index (χ2n) is 7.04. The lowest BCUT2D eigenvalue weighted by Gasteiger charge is -2.12. The number of aryl methyl sites for hydroxylation is 1. The average Bonchev–Trinajstić information content (AvgIpc) is 3.24. The van der Waals surface area contributed by atoms with Crippen molar-refractivity contribution < 1.29 is 9.47 Å². The Bertz CT molecular complexity index is 1250. The van der Waals surface area contributed by atoms with Crippen molar-refractivity contribution in [1.29, 1.82) is 0 Å². The fraction of sp³-hybridized carbons (Fsp3) is 0.217. The Morgan fingerprint density at radius 3 is 1.94 bits per heavy atom. The number of methoxy groups -OCH3 is 2. The maximum absolute atomic E-state index is 6.95. The molecule has 4 rings (SSSR count). The number of halogens is 2. The number of benzene rings is 2. The van der Waals surface area contributed by atoms with Crippen LogP contribution in [0.4, 0.5) is 0 Å². The number of para-hydroxylation sites is 2. The zero-order valence-electron chi connectivity index (χ0n) is 17.7. The summed E-state index contributed by atoms with van der Waals surface area (Å²) in [6.07, 6.45) is 0. The molecule has 0 aliphatic heterocycles. The third-order valence-corrected chi connectivity index (χ3v) is 6.08. The van der Waals surface area contributed by atoms with E-state index in [1.807, 2.05) is 71.7 Å². The molecular weight excluding hydrogens is 435 g/mol. The van der Waals surface area contributed by atoms with Gasteiger partial charge in [0, 0.05) is 11.1 Å². The van der Waals surface area contributed by atoms with Crippen LogP contribution in [0, 0.1) is 13.8 Å². The highest BCUT2D eigenvalue weighted by Gasteiger charge is 2.24. The van der Waals surface area contributed by atoms with Gasteiger partial charge in [-0.3, -0.25) is 0 Å². The molecule has 0 saturated carbocycles. The highest BCUT2D eigenvalue weighted by Crippen LogP contribution is 2.42. The van der Waals surface area contributed by atoms with Crippen LogP contribution in [0.3, 0.4) is 0 Å². The normalized spacial score (nSPS) is 11.0. The van der Waals surface area contributed by atoms with Crippen molar-refractivity contribution >= 4 is 23.2 Å². The lowest BCUT2D eigenvalue weighted by atomic mass is 10.1. The summed E-state index contributed by atoms with van der Waals surface area (Å²) in [6, 6.07) is 15.4. The molecule has 4 aromatic rings. The smallest absolute Gasteiger partial charge is 0.134 e. The molecule has 31 heavy (non-hydrogen) atoms. The van der Waals surface area contributed by atoms with Gasteiger partial charge in [-0.05, 0) is 38.1 Å². The Balaban J connectivity index is 1.95. The summed E-state index contributed by atoms with van der Waals surface area (Å²) in [5.74, 6) is 1.39. The zero-order valence-corrected chi connectivity index (χ0v) is 19.2. The number of rotatable bonds is 6. The largest absolute Gasteiger partial charge is 0.496 e. The highest BCUT2D eigenvalue weighted by atomic mass is 35.5. The van der Waals surface area contributed by atoms with Crippen LogP contribution in [0.5, 0.6) is 11.5 Å². The SMILES string of the molecule is COc1ccccc1-c1nn(Cn2nc(C)c(Cl)c2C)c(-c2ccccc2OC)c1Cl. The van der Waals surface area contributed by atoms with E-state index < -0.39 is 0 Å². The van der Waals surface area contributed by atoms with E-state index in [9.17, 15) is 0 Å². The Hall–Kier alpha value is -2.96. The average molecular weight is 457 g/mol. The second kappa shape index (κ2) is 8.65. The molecule has 2 aromatic carbocycles. The minimum absolute atomic E-state index is 0.335. The first-order valence-corrected chi connectivity index (χ1v) is 10.4. The third-order valence-electron chi connectivity index (χ3n) is 5.18. The van der Waals surface area contributed by atoms with E-state index in [-0.39, 0.29) is 0 Å². The maximum Gasteiger partial charge on any atom is 0.134 e. The number of nitrogens with zero attached hydrogens (tertiary/aromatic N) is 4. The van der Waals surface area contributed by atoms with Crippen LogP contribution in [0.1, 0.15) is 11.4 Å². The van der Waals surface area contributed by atoms with E-state index in [1.165, 1.54) is 0 Å². The summed E-state index contributed by atoms with van der Waals surface area (Å²) in [4.78, 5) is 0. The number of ether oxygens (including phenoxy) is 2. The fourth-order valence-corrected chi connectivity index (χ4v) is 4.07. The van der Waals surface area contributed by atoms with Gasteiger partial charge in [-0.25, -0.2) is 9.36 Å². The first-order valence-electron chi connectivity index (χ1n) is 9.68. The molecule has 0 amide bonds. The summed E-state index contributed by atoms with van der Waals surface area (Å²) in [7, 11) is 3.26. The fourth-order valence-electron chi connectivity index (χ4n) is 3.59. The van der Waals surface area contributed by atoms with Crippen molar-refractivity contribution in [3.63, 3.8) is 0 Å². The monoisotopic (exact) mass is 456 g/mol. The minimum Gasteiger partial charge on any atom is -0.496 e. The van der Waals surface area contributed by atoms with Gasteiger partial charge in [-0.2, -0.15) is 10.2 Å². The number of hydrogen-bond donors (Lipinski definition) is 0. The molecule has 0 spiro atoms. The van der Waals surface area contributed by atoms with Gasteiger partial charge >= 0.3 is 0 Å². The van der Waals surface area contributed by atoms with Crippen LogP contribution in [0.25, 0.3) is 22.5 Å². The standard InChI is InChI=1S/C23H22Cl2N4O2/c1-14-20(24)15(2)28(26-14)13-29-23(17-10-6-8-12-19(17)31-4)21(25)22(27-29)16-9-5-7-11-18(16)30-3/h5-12H,13H2,1-4H3. The molecule has 0 atom stereocenters. The van der Waals surface area contributed by atoms with Crippen molar-refractivity contribution in [2.75, 3.05) is 14.2 Å². The molecule has 2 aromatic heterocycles. The third kappa shape index (κ3) is 3.77. The minimum atomic E-state index is 0.335. The van der Waals surface area contributed by atoms with E-state index in [4.69, 9.17) is 37.8 Å². The van der Waals surface area contributed by atoms with Crippen molar-refractivity contribution in [1.82, 2.24) is 19.6 Å². The summed E-state index contributed by atoms with van der Waals surface area (Å²) in [5.41, 5.74) is 4.60. The quantitative estimate of drug-likeness (QED) is 0.364. The van der Waals surface area contributed by atoms with Crippen LogP contribution in [-0.2, 0) is 6.67 Å². The Morgan fingerprint density at radius 2 is 1.35 bits per heavy atom. The molecule has 160 valence electrons. The maximum atomic E-state index is 6.95. The molecule has 0 aliphatic rings. The zero-order chi connectivity index (χ0) is 22.1.